The van der Waals surface area contributed by atoms with E-state index in [1.165, 1.54) is 0 Å². The molecule has 10 nitrogen and oxygen atoms in total. The molecule has 0 aliphatic carbocycles. The Morgan fingerprint density at radius 2 is 1.25 bits per heavy atom. The number of hydrogen-bond donors (Lipinski definition) is 1. The molecule has 1 aliphatic rings. The lowest BCUT2D eigenvalue weighted by Gasteiger charge is -2.42. The van der Waals surface area contributed by atoms with Gasteiger partial charge < -0.3 is 28.8 Å². The smallest absolute Gasteiger partial charge is 0.303 e. The SMILES string of the molecule is CC(=O)OC[C@@H]1O[C@@H](O)[C@H](OC(C)=O)[C@@H](OC(C)=O)[C@@H]1OC(C)=O. The van der Waals surface area contributed by atoms with Crippen LogP contribution in [0, 0.1) is 0 Å². The van der Waals surface area contributed by atoms with Crippen LogP contribution in [0.1, 0.15) is 27.7 Å². The molecule has 1 fully saturated rings. The molecule has 1 rings (SSSR count). The minimum Gasteiger partial charge on any atom is -0.463 e. The Labute approximate surface area is 137 Å². The van der Waals surface area contributed by atoms with Crippen LogP contribution in [-0.4, -0.2) is 66.3 Å². The summed E-state index contributed by atoms with van der Waals surface area (Å²) in [5, 5.41) is 10.0. The zero-order chi connectivity index (χ0) is 18.4. The molecule has 0 bridgehead atoms. The number of aliphatic hydroxyl groups is 1. The molecule has 1 saturated heterocycles. The third kappa shape index (κ3) is 5.78. The van der Waals surface area contributed by atoms with Gasteiger partial charge in [0.2, 0.25) is 0 Å². The van der Waals surface area contributed by atoms with Crippen LogP contribution >= 0.6 is 0 Å². The molecule has 0 spiro atoms. The second kappa shape index (κ2) is 8.60. The van der Waals surface area contributed by atoms with Crippen molar-refractivity contribution in [2.24, 2.45) is 0 Å². The van der Waals surface area contributed by atoms with E-state index in [1.807, 2.05) is 0 Å². The van der Waals surface area contributed by atoms with Crippen molar-refractivity contribution >= 4 is 23.9 Å². The molecule has 136 valence electrons. The molecule has 1 aliphatic heterocycles. The Kier molecular flexibility index (Phi) is 7.11. The van der Waals surface area contributed by atoms with E-state index in [2.05, 4.69) is 0 Å². The molecule has 0 unspecified atom stereocenters. The van der Waals surface area contributed by atoms with Gasteiger partial charge in [0.15, 0.2) is 24.6 Å². The highest BCUT2D eigenvalue weighted by Crippen LogP contribution is 2.28. The maximum atomic E-state index is 11.3. The van der Waals surface area contributed by atoms with Gasteiger partial charge in [0.25, 0.3) is 0 Å². The number of aliphatic hydroxyl groups excluding tert-OH is 1. The van der Waals surface area contributed by atoms with Crippen LogP contribution in [-0.2, 0) is 42.9 Å². The van der Waals surface area contributed by atoms with E-state index in [1.54, 1.807) is 0 Å². The number of hydrogen-bond acceptors (Lipinski definition) is 10. The lowest BCUT2D eigenvalue weighted by Crippen LogP contribution is -2.62. The average molecular weight is 348 g/mol. The van der Waals surface area contributed by atoms with E-state index < -0.39 is 54.6 Å². The van der Waals surface area contributed by atoms with Gasteiger partial charge in [-0.3, -0.25) is 19.2 Å². The first-order valence-electron chi connectivity index (χ1n) is 7.10. The summed E-state index contributed by atoms with van der Waals surface area (Å²) in [6.45, 7) is 4.09. The van der Waals surface area contributed by atoms with Crippen molar-refractivity contribution in [1.29, 1.82) is 0 Å². The number of rotatable bonds is 5. The van der Waals surface area contributed by atoms with E-state index in [0.717, 1.165) is 27.7 Å². The van der Waals surface area contributed by atoms with Crippen molar-refractivity contribution in [3.05, 3.63) is 0 Å². The van der Waals surface area contributed by atoms with Crippen LogP contribution < -0.4 is 0 Å². The van der Waals surface area contributed by atoms with Gasteiger partial charge in [-0.15, -0.1) is 0 Å². The van der Waals surface area contributed by atoms with Crippen molar-refractivity contribution in [1.82, 2.24) is 0 Å². The van der Waals surface area contributed by atoms with Gasteiger partial charge in [-0.05, 0) is 0 Å². The number of carbonyl (C=O) groups is 4. The van der Waals surface area contributed by atoms with Crippen LogP contribution in [0.2, 0.25) is 0 Å². The first kappa shape index (κ1) is 19.8. The zero-order valence-electron chi connectivity index (χ0n) is 13.7. The van der Waals surface area contributed by atoms with Crippen LogP contribution in [0.3, 0.4) is 0 Å². The van der Waals surface area contributed by atoms with Crippen molar-refractivity contribution in [3.63, 3.8) is 0 Å². The second-order valence-corrected chi connectivity index (χ2v) is 5.09. The largest absolute Gasteiger partial charge is 0.463 e. The third-order valence-corrected chi connectivity index (χ3v) is 2.97. The molecular weight excluding hydrogens is 328 g/mol. The monoisotopic (exact) mass is 348 g/mol. The quantitative estimate of drug-likeness (QED) is 0.490. The van der Waals surface area contributed by atoms with Gasteiger partial charge in [-0.1, -0.05) is 0 Å². The third-order valence-electron chi connectivity index (χ3n) is 2.97. The normalized spacial score (nSPS) is 29.3. The molecule has 0 aromatic heterocycles. The van der Waals surface area contributed by atoms with E-state index in [0.29, 0.717) is 0 Å². The highest BCUT2D eigenvalue weighted by Gasteiger charge is 2.51. The summed E-state index contributed by atoms with van der Waals surface area (Å²) in [6, 6.07) is 0. The van der Waals surface area contributed by atoms with Crippen LogP contribution in [0.25, 0.3) is 0 Å². The van der Waals surface area contributed by atoms with E-state index in [4.69, 9.17) is 23.7 Å². The number of esters is 4. The summed E-state index contributed by atoms with van der Waals surface area (Å²) < 4.78 is 25.0. The van der Waals surface area contributed by atoms with Gasteiger partial charge in [0.05, 0.1) is 0 Å². The van der Waals surface area contributed by atoms with Crippen molar-refractivity contribution in [2.45, 2.75) is 58.4 Å². The molecular formula is C14H20O10. The van der Waals surface area contributed by atoms with Crippen molar-refractivity contribution in [2.75, 3.05) is 6.61 Å². The highest BCUT2D eigenvalue weighted by atomic mass is 16.7. The molecule has 1 N–H and O–H groups in total. The standard InChI is InChI=1S/C14H20O10/c1-6(15)20-5-10-11(21-7(2)16)12(22-8(3)17)13(14(19)24-10)23-9(4)18/h10-14,19H,5H2,1-4H3/t10-,11+,12-,13+,14+/m0/s1. The number of carbonyl (C=O) groups excluding carboxylic acids is 4. The summed E-state index contributed by atoms with van der Waals surface area (Å²) >= 11 is 0. The predicted molar refractivity (Wildman–Crippen MR) is 74.2 cm³/mol. The molecule has 24 heavy (non-hydrogen) atoms. The van der Waals surface area contributed by atoms with Gasteiger partial charge >= 0.3 is 23.9 Å². The fraction of sp³-hybridized carbons (Fsp3) is 0.714. The average Bonchev–Trinajstić information content (AvgIpc) is 2.42. The van der Waals surface area contributed by atoms with Crippen LogP contribution in [0.5, 0.6) is 0 Å². The van der Waals surface area contributed by atoms with Crippen molar-refractivity contribution in [3.8, 4) is 0 Å². The Balaban J connectivity index is 3.11. The number of ether oxygens (including phenoxy) is 5. The van der Waals surface area contributed by atoms with Crippen LogP contribution in [0.4, 0.5) is 0 Å². The Bertz CT molecular complexity index is 502. The summed E-state index contributed by atoms with van der Waals surface area (Å²) in [7, 11) is 0. The Morgan fingerprint density at radius 1 is 0.792 bits per heavy atom. The molecule has 1 heterocycles. The van der Waals surface area contributed by atoms with Gasteiger partial charge in [-0.2, -0.15) is 0 Å². The Morgan fingerprint density at radius 3 is 1.71 bits per heavy atom. The first-order valence-corrected chi connectivity index (χ1v) is 7.10. The minimum absolute atomic E-state index is 0.366. The minimum atomic E-state index is -1.68. The van der Waals surface area contributed by atoms with E-state index >= 15 is 0 Å². The molecule has 0 amide bonds. The molecule has 0 aromatic rings. The maximum Gasteiger partial charge on any atom is 0.303 e. The molecule has 5 atom stereocenters. The summed E-state index contributed by atoms with van der Waals surface area (Å²) in [5.41, 5.74) is 0. The van der Waals surface area contributed by atoms with E-state index in [-0.39, 0.29) is 6.61 Å². The van der Waals surface area contributed by atoms with Crippen LogP contribution in [0.15, 0.2) is 0 Å². The molecule has 0 radical (unpaired) electrons. The summed E-state index contributed by atoms with van der Waals surface area (Å²) in [5.74, 6) is -2.87. The molecule has 0 aromatic carbocycles. The molecule has 0 saturated carbocycles. The second-order valence-electron chi connectivity index (χ2n) is 5.09. The highest BCUT2D eigenvalue weighted by molar-refractivity contribution is 5.68. The summed E-state index contributed by atoms with van der Waals surface area (Å²) in [6.07, 6.45) is -6.79. The van der Waals surface area contributed by atoms with Gasteiger partial charge in [0.1, 0.15) is 12.7 Å². The molecule has 10 heteroatoms. The summed E-state index contributed by atoms with van der Waals surface area (Å²) in [4.78, 5) is 44.9. The lowest BCUT2D eigenvalue weighted by atomic mass is 9.98. The predicted octanol–water partition coefficient (Wildman–Crippen LogP) is -0.938. The van der Waals surface area contributed by atoms with Crippen molar-refractivity contribution < 1.29 is 48.0 Å². The fourth-order valence-corrected chi connectivity index (χ4v) is 2.21. The van der Waals surface area contributed by atoms with E-state index in [9.17, 15) is 24.3 Å². The van der Waals surface area contributed by atoms with Gasteiger partial charge in [-0.25, -0.2) is 0 Å². The first-order chi connectivity index (χ1) is 11.1. The topological polar surface area (TPSA) is 135 Å². The lowest BCUT2D eigenvalue weighted by molar-refractivity contribution is -0.296. The van der Waals surface area contributed by atoms with Gasteiger partial charge in [0, 0.05) is 27.7 Å². The Hall–Kier alpha value is -2.20. The fourth-order valence-electron chi connectivity index (χ4n) is 2.21. The zero-order valence-corrected chi connectivity index (χ0v) is 13.7. The maximum absolute atomic E-state index is 11.3.